The van der Waals surface area contributed by atoms with Gasteiger partial charge >= 0.3 is 0 Å². The molecule has 0 fully saturated rings. The van der Waals surface area contributed by atoms with E-state index in [4.69, 9.17) is 0 Å². The Hall–Kier alpha value is -0.370. The first-order chi connectivity index (χ1) is 3.55. The first kappa shape index (κ1) is 11.4. The van der Waals surface area contributed by atoms with E-state index in [2.05, 4.69) is 0 Å². The second-order valence-corrected chi connectivity index (χ2v) is 2.71. The van der Waals surface area contributed by atoms with E-state index in [9.17, 15) is 4.79 Å². The van der Waals surface area contributed by atoms with Gasteiger partial charge in [-0.25, -0.2) is 0 Å². The molecule has 0 rings (SSSR count). The van der Waals surface area contributed by atoms with Crippen molar-refractivity contribution in [2.24, 2.45) is 11.8 Å². The Labute approximate surface area is 56.6 Å². The normalized spacial score (nSPS) is 9.56. The van der Waals surface area contributed by atoms with Crippen LogP contribution in [0.3, 0.4) is 0 Å². The highest BCUT2D eigenvalue weighted by Crippen LogP contribution is 2.03. The van der Waals surface area contributed by atoms with Crippen LogP contribution in [-0.4, -0.2) is 11.3 Å². The Bertz CT molecular complexity index is 74.9. The molecule has 2 N–H and O–H groups in total. The van der Waals surface area contributed by atoms with E-state index in [0.29, 0.717) is 5.78 Å². The van der Waals surface area contributed by atoms with Crippen molar-refractivity contribution in [3.8, 4) is 0 Å². The molecule has 0 atom stereocenters. The van der Waals surface area contributed by atoms with Crippen LogP contribution >= 0.6 is 0 Å². The van der Waals surface area contributed by atoms with Gasteiger partial charge in [0.2, 0.25) is 0 Å². The molecule has 56 valence electrons. The van der Waals surface area contributed by atoms with Crippen molar-refractivity contribution in [1.29, 1.82) is 0 Å². The van der Waals surface area contributed by atoms with E-state index in [1.807, 2.05) is 27.7 Å². The second kappa shape index (κ2) is 4.50. The summed E-state index contributed by atoms with van der Waals surface area (Å²) < 4.78 is 0. The summed E-state index contributed by atoms with van der Waals surface area (Å²) in [6.07, 6.45) is 0. The minimum absolute atomic E-state index is 0. The maximum atomic E-state index is 10.8. The summed E-state index contributed by atoms with van der Waals surface area (Å²) in [5.41, 5.74) is 0. The molecule has 0 aliphatic heterocycles. The molecule has 0 aliphatic rings. The quantitative estimate of drug-likeness (QED) is 0.553. The minimum atomic E-state index is 0. The molecule has 0 saturated heterocycles. The van der Waals surface area contributed by atoms with Crippen molar-refractivity contribution in [2.45, 2.75) is 27.7 Å². The Morgan fingerprint density at radius 1 is 1.00 bits per heavy atom. The number of hydrogen-bond acceptors (Lipinski definition) is 1. The third-order valence-corrected chi connectivity index (χ3v) is 1.14. The number of Topliss-reactive ketones (excluding diaryl/α,β-unsaturated/α-hetero) is 1. The van der Waals surface area contributed by atoms with Gasteiger partial charge in [0.15, 0.2) is 0 Å². The van der Waals surface area contributed by atoms with E-state index < -0.39 is 0 Å². The molecule has 2 nitrogen and oxygen atoms in total. The maximum absolute atomic E-state index is 10.8. The van der Waals surface area contributed by atoms with Gasteiger partial charge in [0.05, 0.1) is 0 Å². The summed E-state index contributed by atoms with van der Waals surface area (Å²) in [5.74, 6) is 0.759. The molecule has 0 bridgehead atoms. The van der Waals surface area contributed by atoms with Crippen LogP contribution < -0.4 is 0 Å². The third kappa shape index (κ3) is 4.15. The van der Waals surface area contributed by atoms with E-state index in [1.54, 1.807) is 0 Å². The van der Waals surface area contributed by atoms with Gasteiger partial charge in [-0.15, -0.1) is 0 Å². The Kier molecular flexibility index (Phi) is 5.72. The summed E-state index contributed by atoms with van der Waals surface area (Å²) in [4.78, 5) is 10.8. The zero-order valence-electron chi connectivity index (χ0n) is 6.56. The monoisotopic (exact) mass is 132 g/mol. The summed E-state index contributed by atoms with van der Waals surface area (Å²) in [7, 11) is 0. The lowest BCUT2D eigenvalue weighted by Gasteiger charge is -2.05. The number of rotatable bonds is 2. The van der Waals surface area contributed by atoms with Gasteiger partial charge in [0.25, 0.3) is 0 Å². The SMILES string of the molecule is CC(C)C(=O)C(C)C.O. The largest absolute Gasteiger partial charge is 0.412 e. The molecule has 2 heteroatoms. The Morgan fingerprint density at radius 2 is 1.22 bits per heavy atom. The van der Waals surface area contributed by atoms with Crippen LogP contribution in [0.1, 0.15) is 27.7 Å². The fourth-order valence-electron chi connectivity index (χ4n) is 0.667. The van der Waals surface area contributed by atoms with Gasteiger partial charge < -0.3 is 5.48 Å². The molecule has 0 saturated carbocycles. The highest BCUT2D eigenvalue weighted by atomic mass is 16.1. The first-order valence-electron chi connectivity index (χ1n) is 3.09. The molecule has 0 amide bonds. The van der Waals surface area contributed by atoms with Crippen molar-refractivity contribution >= 4 is 5.78 Å². The lowest BCUT2D eigenvalue weighted by molar-refractivity contribution is -0.124. The Morgan fingerprint density at radius 3 is 1.22 bits per heavy atom. The molecule has 0 aromatic rings. The van der Waals surface area contributed by atoms with Crippen molar-refractivity contribution in [1.82, 2.24) is 0 Å². The van der Waals surface area contributed by atoms with Gasteiger partial charge in [-0.3, -0.25) is 4.79 Å². The van der Waals surface area contributed by atoms with Crippen LogP contribution in [0.25, 0.3) is 0 Å². The topological polar surface area (TPSA) is 48.6 Å². The van der Waals surface area contributed by atoms with E-state index in [1.165, 1.54) is 0 Å². The minimum Gasteiger partial charge on any atom is -0.412 e. The average molecular weight is 132 g/mol. The van der Waals surface area contributed by atoms with Crippen LogP contribution in [0.15, 0.2) is 0 Å². The molecular weight excluding hydrogens is 116 g/mol. The van der Waals surface area contributed by atoms with Crippen LogP contribution in [0.2, 0.25) is 0 Å². The molecule has 0 unspecified atom stereocenters. The predicted octanol–water partition coefficient (Wildman–Crippen LogP) is 1.04. The number of carbonyl (C=O) groups excluding carboxylic acids is 1. The van der Waals surface area contributed by atoms with E-state index in [-0.39, 0.29) is 17.3 Å². The molecule has 9 heavy (non-hydrogen) atoms. The first-order valence-corrected chi connectivity index (χ1v) is 3.09. The standard InChI is InChI=1S/C7H14O.H2O/c1-5(2)7(8)6(3)4;/h5-6H,1-4H3;1H2. The number of carbonyl (C=O) groups is 1. The van der Waals surface area contributed by atoms with Gasteiger partial charge in [-0.2, -0.15) is 0 Å². The Balaban J connectivity index is 0. The van der Waals surface area contributed by atoms with Gasteiger partial charge in [0, 0.05) is 11.8 Å². The maximum Gasteiger partial charge on any atom is 0.137 e. The lowest BCUT2D eigenvalue weighted by atomic mass is 9.99. The van der Waals surface area contributed by atoms with Crippen LogP contribution in [0, 0.1) is 11.8 Å². The molecule has 0 radical (unpaired) electrons. The fourth-order valence-corrected chi connectivity index (χ4v) is 0.667. The van der Waals surface area contributed by atoms with E-state index in [0.717, 1.165) is 0 Å². The highest BCUT2D eigenvalue weighted by molar-refractivity contribution is 5.81. The molecule has 0 heterocycles. The molecule has 0 aromatic carbocycles. The zero-order chi connectivity index (χ0) is 6.73. The molecule has 0 aromatic heterocycles. The summed E-state index contributed by atoms with van der Waals surface area (Å²) in [5, 5.41) is 0. The summed E-state index contributed by atoms with van der Waals surface area (Å²) in [6.45, 7) is 7.73. The number of hydrogen-bond donors (Lipinski definition) is 0. The predicted molar refractivity (Wildman–Crippen MR) is 38.3 cm³/mol. The second-order valence-electron chi connectivity index (χ2n) is 2.71. The highest BCUT2D eigenvalue weighted by Gasteiger charge is 2.09. The zero-order valence-corrected chi connectivity index (χ0v) is 6.56. The van der Waals surface area contributed by atoms with Crippen molar-refractivity contribution < 1.29 is 10.3 Å². The van der Waals surface area contributed by atoms with Crippen LogP contribution in [0.5, 0.6) is 0 Å². The molecular formula is C7H16O2. The smallest absolute Gasteiger partial charge is 0.137 e. The van der Waals surface area contributed by atoms with E-state index >= 15 is 0 Å². The summed E-state index contributed by atoms with van der Waals surface area (Å²) in [6, 6.07) is 0. The average Bonchev–Trinajstić information content (AvgIpc) is 1.64. The van der Waals surface area contributed by atoms with Gasteiger partial charge in [-0.1, -0.05) is 27.7 Å². The van der Waals surface area contributed by atoms with Crippen molar-refractivity contribution in [2.75, 3.05) is 0 Å². The number of ketones is 1. The summed E-state index contributed by atoms with van der Waals surface area (Å²) >= 11 is 0. The lowest BCUT2D eigenvalue weighted by Crippen LogP contribution is -2.13. The van der Waals surface area contributed by atoms with Gasteiger partial charge in [-0.05, 0) is 0 Å². The fraction of sp³-hybridized carbons (Fsp3) is 0.857. The van der Waals surface area contributed by atoms with Crippen molar-refractivity contribution in [3.63, 3.8) is 0 Å². The molecule has 0 aliphatic carbocycles. The van der Waals surface area contributed by atoms with Gasteiger partial charge in [0.1, 0.15) is 5.78 Å². The molecule has 0 spiro atoms. The third-order valence-electron chi connectivity index (χ3n) is 1.14. The van der Waals surface area contributed by atoms with Crippen LogP contribution in [-0.2, 0) is 4.79 Å². The van der Waals surface area contributed by atoms with Crippen LogP contribution in [0.4, 0.5) is 0 Å². The van der Waals surface area contributed by atoms with Crippen molar-refractivity contribution in [3.05, 3.63) is 0 Å².